The monoisotopic (exact) mass is 343 g/mol. The normalized spacial score (nSPS) is 10.8. The fraction of sp³-hybridized carbons (Fsp3) is 0.235. The summed E-state index contributed by atoms with van der Waals surface area (Å²) in [5.41, 5.74) is -0.735. The van der Waals surface area contributed by atoms with Crippen LogP contribution >= 0.6 is 0 Å². The SMILES string of the molecule is CC(C)(C)OC(=O)c1cccnc1NC(=O)c1cccc([N+](=O)[O-])c1. The Morgan fingerprint density at radius 1 is 1.20 bits per heavy atom. The minimum Gasteiger partial charge on any atom is -0.456 e. The third kappa shape index (κ3) is 4.84. The molecule has 2 rings (SSSR count). The molecule has 0 saturated carbocycles. The van der Waals surface area contributed by atoms with Gasteiger partial charge in [0, 0.05) is 23.9 Å². The summed E-state index contributed by atoms with van der Waals surface area (Å²) in [5, 5.41) is 13.3. The first kappa shape index (κ1) is 18.1. The number of nitrogens with zero attached hydrogens (tertiary/aromatic N) is 2. The van der Waals surface area contributed by atoms with E-state index in [0.717, 1.165) is 6.07 Å². The van der Waals surface area contributed by atoms with E-state index in [-0.39, 0.29) is 22.6 Å². The summed E-state index contributed by atoms with van der Waals surface area (Å²) in [6.07, 6.45) is 1.41. The number of rotatable bonds is 4. The van der Waals surface area contributed by atoms with Crippen LogP contribution < -0.4 is 5.32 Å². The number of nitro benzene ring substituents is 1. The maximum Gasteiger partial charge on any atom is 0.342 e. The number of aromatic nitrogens is 1. The summed E-state index contributed by atoms with van der Waals surface area (Å²) in [6, 6.07) is 8.28. The maximum atomic E-state index is 12.3. The van der Waals surface area contributed by atoms with E-state index in [1.807, 2.05) is 0 Å². The molecule has 0 atom stereocenters. The van der Waals surface area contributed by atoms with Gasteiger partial charge in [-0.15, -0.1) is 0 Å². The van der Waals surface area contributed by atoms with E-state index in [1.165, 1.54) is 30.5 Å². The molecule has 1 heterocycles. The Morgan fingerprint density at radius 3 is 2.56 bits per heavy atom. The van der Waals surface area contributed by atoms with Gasteiger partial charge < -0.3 is 10.1 Å². The lowest BCUT2D eigenvalue weighted by atomic mass is 10.1. The second-order valence-corrected chi connectivity index (χ2v) is 6.16. The molecule has 0 radical (unpaired) electrons. The minimum absolute atomic E-state index is 0.0215. The van der Waals surface area contributed by atoms with E-state index in [1.54, 1.807) is 26.8 Å². The predicted octanol–water partition coefficient (Wildman–Crippen LogP) is 3.20. The number of pyridine rings is 1. The zero-order valence-electron chi connectivity index (χ0n) is 14.0. The van der Waals surface area contributed by atoms with Crippen LogP contribution in [0.1, 0.15) is 41.5 Å². The molecule has 2 aromatic rings. The summed E-state index contributed by atoms with van der Waals surface area (Å²) in [7, 11) is 0. The van der Waals surface area contributed by atoms with Crippen LogP contribution in [0.4, 0.5) is 11.5 Å². The topological polar surface area (TPSA) is 111 Å². The standard InChI is InChI=1S/C17H17N3O5/c1-17(2,3)25-16(22)13-8-5-9-18-14(13)19-15(21)11-6-4-7-12(10-11)20(23)24/h4-10H,1-3H3,(H,18,19,21). The van der Waals surface area contributed by atoms with E-state index in [2.05, 4.69) is 10.3 Å². The minimum atomic E-state index is -0.700. The van der Waals surface area contributed by atoms with E-state index < -0.39 is 22.4 Å². The van der Waals surface area contributed by atoms with Gasteiger partial charge in [-0.25, -0.2) is 9.78 Å². The van der Waals surface area contributed by atoms with Crippen molar-refractivity contribution >= 4 is 23.4 Å². The Morgan fingerprint density at radius 2 is 1.92 bits per heavy atom. The average molecular weight is 343 g/mol. The van der Waals surface area contributed by atoms with Crippen LogP contribution in [0.5, 0.6) is 0 Å². The Balaban J connectivity index is 2.26. The van der Waals surface area contributed by atoms with Crippen molar-refractivity contribution in [1.82, 2.24) is 4.98 Å². The van der Waals surface area contributed by atoms with Gasteiger partial charge in [-0.3, -0.25) is 14.9 Å². The van der Waals surface area contributed by atoms with Crippen LogP contribution in [0, 0.1) is 10.1 Å². The number of nitrogens with one attached hydrogen (secondary N) is 1. The number of anilines is 1. The molecule has 0 aliphatic carbocycles. The number of carbonyl (C=O) groups is 2. The van der Waals surface area contributed by atoms with Crippen molar-refractivity contribution in [2.75, 3.05) is 5.32 Å². The molecular weight excluding hydrogens is 326 g/mol. The number of hydrogen-bond acceptors (Lipinski definition) is 6. The highest BCUT2D eigenvalue weighted by Crippen LogP contribution is 2.19. The number of carbonyl (C=O) groups excluding carboxylic acids is 2. The van der Waals surface area contributed by atoms with Crippen molar-refractivity contribution in [3.05, 3.63) is 63.8 Å². The van der Waals surface area contributed by atoms with Gasteiger partial charge >= 0.3 is 5.97 Å². The molecule has 1 aromatic heterocycles. The zero-order chi connectivity index (χ0) is 18.6. The molecule has 0 spiro atoms. The van der Waals surface area contributed by atoms with Crippen molar-refractivity contribution in [1.29, 1.82) is 0 Å². The highest BCUT2D eigenvalue weighted by atomic mass is 16.6. The fourth-order valence-corrected chi connectivity index (χ4v) is 1.94. The van der Waals surface area contributed by atoms with Crippen LogP contribution in [0.2, 0.25) is 0 Å². The largest absolute Gasteiger partial charge is 0.456 e. The molecule has 1 aromatic carbocycles. The second-order valence-electron chi connectivity index (χ2n) is 6.16. The van der Waals surface area contributed by atoms with E-state index in [0.29, 0.717) is 0 Å². The van der Waals surface area contributed by atoms with Crippen molar-refractivity contribution in [3.63, 3.8) is 0 Å². The summed E-state index contributed by atoms with van der Waals surface area (Å²) in [6.45, 7) is 5.17. The van der Waals surface area contributed by atoms with Crippen molar-refractivity contribution in [2.24, 2.45) is 0 Å². The smallest absolute Gasteiger partial charge is 0.342 e. The van der Waals surface area contributed by atoms with E-state index >= 15 is 0 Å². The molecule has 1 amide bonds. The third-order valence-corrected chi connectivity index (χ3v) is 2.98. The lowest BCUT2D eigenvalue weighted by Gasteiger charge is -2.20. The van der Waals surface area contributed by atoms with Crippen molar-refractivity contribution in [3.8, 4) is 0 Å². The van der Waals surface area contributed by atoms with E-state index in [4.69, 9.17) is 4.74 Å². The molecule has 0 aliphatic heterocycles. The average Bonchev–Trinajstić information content (AvgIpc) is 2.53. The van der Waals surface area contributed by atoms with Crippen LogP contribution in [0.25, 0.3) is 0 Å². The molecule has 0 saturated heterocycles. The lowest BCUT2D eigenvalue weighted by molar-refractivity contribution is -0.384. The maximum absolute atomic E-state index is 12.3. The van der Waals surface area contributed by atoms with Gasteiger partial charge in [0.05, 0.1) is 4.92 Å². The number of esters is 1. The first-order valence-corrected chi connectivity index (χ1v) is 7.41. The van der Waals surface area contributed by atoms with Gasteiger partial charge in [-0.2, -0.15) is 0 Å². The molecule has 8 nitrogen and oxygen atoms in total. The number of nitro groups is 1. The summed E-state index contributed by atoms with van der Waals surface area (Å²) in [5.74, 6) is -1.23. The Kier molecular flexibility index (Phi) is 5.11. The molecule has 0 fully saturated rings. The molecule has 130 valence electrons. The second kappa shape index (κ2) is 7.08. The summed E-state index contributed by atoms with van der Waals surface area (Å²) >= 11 is 0. The van der Waals surface area contributed by atoms with Crippen LogP contribution in [-0.4, -0.2) is 27.4 Å². The first-order valence-electron chi connectivity index (χ1n) is 7.41. The van der Waals surface area contributed by atoms with Gasteiger partial charge in [0.25, 0.3) is 11.6 Å². The fourth-order valence-electron chi connectivity index (χ4n) is 1.94. The highest BCUT2D eigenvalue weighted by Gasteiger charge is 2.22. The van der Waals surface area contributed by atoms with Crippen molar-refractivity contribution in [2.45, 2.75) is 26.4 Å². The first-order chi connectivity index (χ1) is 11.7. The Hall–Kier alpha value is -3.29. The predicted molar refractivity (Wildman–Crippen MR) is 90.5 cm³/mol. The number of non-ortho nitro benzene ring substituents is 1. The number of benzene rings is 1. The molecule has 0 bridgehead atoms. The van der Waals surface area contributed by atoms with Crippen LogP contribution in [0.3, 0.4) is 0 Å². The number of amides is 1. The Labute approximate surface area is 144 Å². The summed E-state index contributed by atoms with van der Waals surface area (Å²) < 4.78 is 5.28. The van der Waals surface area contributed by atoms with Crippen LogP contribution in [0.15, 0.2) is 42.6 Å². The Bertz CT molecular complexity index is 827. The number of ether oxygens (including phenoxy) is 1. The van der Waals surface area contributed by atoms with Gasteiger partial charge in [0.1, 0.15) is 17.0 Å². The van der Waals surface area contributed by atoms with Gasteiger partial charge in [-0.05, 0) is 39.0 Å². The summed E-state index contributed by atoms with van der Waals surface area (Å²) in [4.78, 5) is 38.8. The third-order valence-electron chi connectivity index (χ3n) is 2.98. The zero-order valence-corrected chi connectivity index (χ0v) is 14.0. The van der Waals surface area contributed by atoms with Gasteiger partial charge in [0.15, 0.2) is 0 Å². The molecule has 0 unspecified atom stereocenters. The van der Waals surface area contributed by atoms with Gasteiger partial charge in [0.2, 0.25) is 0 Å². The molecule has 8 heteroatoms. The lowest BCUT2D eigenvalue weighted by Crippen LogP contribution is -2.25. The van der Waals surface area contributed by atoms with Crippen LogP contribution in [-0.2, 0) is 4.74 Å². The van der Waals surface area contributed by atoms with E-state index in [9.17, 15) is 19.7 Å². The molecule has 0 aliphatic rings. The quantitative estimate of drug-likeness (QED) is 0.518. The number of hydrogen-bond donors (Lipinski definition) is 1. The molecular formula is C17H17N3O5. The van der Waals surface area contributed by atoms with Gasteiger partial charge in [-0.1, -0.05) is 6.07 Å². The van der Waals surface area contributed by atoms with Crippen molar-refractivity contribution < 1.29 is 19.2 Å². The molecule has 1 N–H and O–H groups in total. The highest BCUT2D eigenvalue weighted by molar-refractivity contribution is 6.07. The molecule has 25 heavy (non-hydrogen) atoms.